The molecule has 2 N–H and O–H groups in total. The molecular formula is C15H20N4O3S. The Bertz CT molecular complexity index is 714. The number of rotatable bonds is 7. The average molecular weight is 336 g/mol. The Kier molecular flexibility index (Phi) is 5.86. The van der Waals surface area contributed by atoms with Crippen molar-refractivity contribution in [1.29, 1.82) is 0 Å². The van der Waals surface area contributed by atoms with Crippen LogP contribution in [0.25, 0.3) is 10.2 Å². The minimum Gasteiger partial charge on any atom is -0.462 e. The van der Waals surface area contributed by atoms with E-state index in [9.17, 15) is 9.59 Å². The number of thiophene rings is 1. The van der Waals surface area contributed by atoms with Crippen LogP contribution in [0.5, 0.6) is 0 Å². The van der Waals surface area contributed by atoms with Crippen molar-refractivity contribution in [3.05, 3.63) is 16.8 Å². The van der Waals surface area contributed by atoms with Gasteiger partial charge in [0.2, 0.25) is 5.91 Å². The zero-order valence-electron chi connectivity index (χ0n) is 13.4. The molecule has 1 amide bonds. The van der Waals surface area contributed by atoms with Gasteiger partial charge in [0.15, 0.2) is 5.82 Å². The van der Waals surface area contributed by atoms with Gasteiger partial charge in [-0.15, -0.1) is 11.3 Å². The van der Waals surface area contributed by atoms with Crippen LogP contribution < -0.4 is 10.9 Å². The van der Waals surface area contributed by atoms with Crippen LogP contribution in [-0.2, 0) is 9.53 Å². The molecule has 0 aliphatic rings. The number of ether oxygens (including phenoxy) is 1. The van der Waals surface area contributed by atoms with Gasteiger partial charge in [-0.2, -0.15) is 0 Å². The molecule has 8 heteroatoms. The van der Waals surface area contributed by atoms with Crippen LogP contribution in [0.15, 0.2) is 6.33 Å². The standard InChI is InChI=1S/C15H20N4O3S/c1-4-6-7-10(20)18-19-13-11-9(3)12(15(21)22-5-2)23-14(11)17-8-16-13/h8H,4-7H2,1-3H3,(H,18,20)(H,16,17,19). The number of unbranched alkanes of at least 4 members (excludes halogenated alkanes) is 1. The largest absolute Gasteiger partial charge is 0.462 e. The third-order valence-corrected chi connectivity index (χ3v) is 4.45. The number of hydrogen-bond donors (Lipinski definition) is 2. The summed E-state index contributed by atoms with van der Waals surface area (Å²) in [7, 11) is 0. The second-order valence-electron chi connectivity index (χ2n) is 4.96. The fraction of sp³-hybridized carbons (Fsp3) is 0.467. The molecule has 23 heavy (non-hydrogen) atoms. The number of carbonyl (C=O) groups is 2. The van der Waals surface area contributed by atoms with E-state index in [-0.39, 0.29) is 11.9 Å². The number of nitrogens with zero attached hydrogens (tertiary/aromatic N) is 2. The van der Waals surface area contributed by atoms with E-state index < -0.39 is 0 Å². The molecule has 0 unspecified atom stereocenters. The third-order valence-electron chi connectivity index (χ3n) is 3.27. The van der Waals surface area contributed by atoms with Crippen molar-refractivity contribution in [2.24, 2.45) is 0 Å². The second-order valence-corrected chi connectivity index (χ2v) is 5.95. The van der Waals surface area contributed by atoms with Crippen LogP contribution in [0.3, 0.4) is 0 Å². The zero-order chi connectivity index (χ0) is 16.8. The van der Waals surface area contributed by atoms with Crippen LogP contribution >= 0.6 is 11.3 Å². The first-order chi connectivity index (χ1) is 11.1. The fourth-order valence-electron chi connectivity index (χ4n) is 2.09. The molecule has 0 bridgehead atoms. The molecule has 0 spiro atoms. The highest BCUT2D eigenvalue weighted by Crippen LogP contribution is 2.33. The van der Waals surface area contributed by atoms with Gasteiger partial charge in [-0.3, -0.25) is 15.6 Å². The van der Waals surface area contributed by atoms with E-state index >= 15 is 0 Å². The molecule has 0 saturated heterocycles. The van der Waals surface area contributed by atoms with E-state index in [1.807, 2.05) is 13.8 Å². The summed E-state index contributed by atoms with van der Waals surface area (Å²) in [4.78, 5) is 33.2. The van der Waals surface area contributed by atoms with Crippen molar-refractivity contribution in [3.63, 3.8) is 0 Å². The number of nitrogens with one attached hydrogen (secondary N) is 2. The summed E-state index contributed by atoms with van der Waals surface area (Å²) < 4.78 is 5.05. The molecular weight excluding hydrogens is 316 g/mol. The first-order valence-electron chi connectivity index (χ1n) is 7.54. The van der Waals surface area contributed by atoms with E-state index in [1.54, 1.807) is 6.92 Å². The van der Waals surface area contributed by atoms with Crippen LogP contribution in [0.2, 0.25) is 0 Å². The van der Waals surface area contributed by atoms with Crippen LogP contribution in [0.4, 0.5) is 5.82 Å². The first-order valence-corrected chi connectivity index (χ1v) is 8.36. The van der Waals surface area contributed by atoms with Gasteiger partial charge < -0.3 is 4.74 Å². The predicted octanol–water partition coefficient (Wildman–Crippen LogP) is 2.81. The minimum atomic E-state index is -0.370. The smallest absolute Gasteiger partial charge is 0.348 e. The molecule has 0 aliphatic carbocycles. The van der Waals surface area contributed by atoms with E-state index in [0.29, 0.717) is 28.6 Å². The van der Waals surface area contributed by atoms with E-state index in [2.05, 4.69) is 20.8 Å². The first kappa shape index (κ1) is 17.1. The summed E-state index contributed by atoms with van der Waals surface area (Å²) in [5.41, 5.74) is 6.20. The molecule has 2 heterocycles. The van der Waals surface area contributed by atoms with Crippen molar-refractivity contribution in [2.75, 3.05) is 12.0 Å². The van der Waals surface area contributed by atoms with Crippen LogP contribution in [0, 0.1) is 6.92 Å². The molecule has 0 aliphatic heterocycles. The molecule has 2 aromatic rings. The van der Waals surface area contributed by atoms with Crippen molar-refractivity contribution >= 4 is 39.2 Å². The highest BCUT2D eigenvalue weighted by atomic mass is 32.1. The lowest BCUT2D eigenvalue weighted by Crippen LogP contribution is -2.29. The Hall–Kier alpha value is -2.22. The lowest BCUT2D eigenvalue weighted by atomic mass is 10.2. The molecule has 2 aromatic heterocycles. The van der Waals surface area contributed by atoms with E-state index in [4.69, 9.17) is 4.74 Å². The van der Waals surface area contributed by atoms with Gasteiger partial charge in [0, 0.05) is 6.42 Å². The van der Waals surface area contributed by atoms with Crippen molar-refractivity contribution in [3.8, 4) is 0 Å². The normalized spacial score (nSPS) is 10.6. The van der Waals surface area contributed by atoms with Gasteiger partial charge in [-0.05, 0) is 25.8 Å². The number of hydrogen-bond acceptors (Lipinski definition) is 7. The minimum absolute atomic E-state index is 0.0999. The number of aromatic nitrogens is 2. The highest BCUT2D eigenvalue weighted by molar-refractivity contribution is 7.20. The number of fused-ring (bicyclic) bond motifs is 1. The number of hydrazine groups is 1. The lowest BCUT2D eigenvalue weighted by Gasteiger charge is -2.08. The summed E-state index contributed by atoms with van der Waals surface area (Å²) in [6.07, 6.45) is 3.64. The molecule has 0 fully saturated rings. The predicted molar refractivity (Wildman–Crippen MR) is 89.4 cm³/mol. The van der Waals surface area contributed by atoms with Gasteiger partial charge >= 0.3 is 5.97 Å². The van der Waals surface area contributed by atoms with Crippen LogP contribution in [-0.4, -0.2) is 28.5 Å². The number of amides is 1. The summed E-state index contributed by atoms with van der Waals surface area (Å²) in [5, 5.41) is 0.719. The van der Waals surface area contributed by atoms with E-state index in [0.717, 1.165) is 23.8 Å². The topological polar surface area (TPSA) is 93.2 Å². The Morgan fingerprint density at radius 2 is 2.09 bits per heavy atom. The SMILES string of the molecule is CCCCC(=O)NNc1ncnc2sc(C(=O)OCC)c(C)c12. The summed E-state index contributed by atoms with van der Waals surface area (Å²) in [6.45, 7) is 5.93. The Labute approximate surface area is 138 Å². The zero-order valence-corrected chi connectivity index (χ0v) is 14.2. The molecule has 0 atom stereocenters. The molecule has 0 radical (unpaired) electrons. The monoisotopic (exact) mass is 336 g/mol. The Balaban J connectivity index is 2.24. The van der Waals surface area contributed by atoms with Crippen molar-refractivity contribution in [1.82, 2.24) is 15.4 Å². The Morgan fingerprint density at radius 1 is 1.30 bits per heavy atom. The van der Waals surface area contributed by atoms with E-state index in [1.165, 1.54) is 17.7 Å². The third kappa shape index (κ3) is 3.95. The quantitative estimate of drug-likeness (QED) is 0.596. The van der Waals surface area contributed by atoms with Crippen molar-refractivity contribution in [2.45, 2.75) is 40.0 Å². The summed E-state index contributed by atoms with van der Waals surface area (Å²) in [6, 6.07) is 0. The Morgan fingerprint density at radius 3 is 2.78 bits per heavy atom. The number of esters is 1. The van der Waals surface area contributed by atoms with Gasteiger partial charge in [0.25, 0.3) is 0 Å². The molecule has 2 rings (SSSR count). The second kappa shape index (κ2) is 7.87. The highest BCUT2D eigenvalue weighted by Gasteiger charge is 2.20. The maximum Gasteiger partial charge on any atom is 0.348 e. The maximum atomic E-state index is 12.0. The van der Waals surface area contributed by atoms with Gasteiger partial charge in [-0.1, -0.05) is 13.3 Å². The van der Waals surface area contributed by atoms with Crippen molar-refractivity contribution < 1.29 is 14.3 Å². The van der Waals surface area contributed by atoms with Gasteiger partial charge in [-0.25, -0.2) is 14.8 Å². The fourth-order valence-corrected chi connectivity index (χ4v) is 3.13. The molecule has 124 valence electrons. The molecule has 0 saturated carbocycles. The van der Waals surface area contributed by atoms with Gasteiger partial charge in [0.05, 0.1) is 12.0 Å². The maximum absolute atomic E-state index is 12.0. The summed E-state index contributed by atoms with van der Waals surface area (Å²) in [5.74, 6) is 0.00666. The molecule has 7 nitrogen and oxygen atoms in total. The number of carbonyl (C=O) groups excluding carboxylic acids is 2. The average Bonchev–Trinajstić information content (AvgIpc) is 2.89. The summed E-state index contributed by atoms with van der Waals surface area (Å²) >= 11 is 1.26. The molecule has 0 aromatic carbocycles. The lowest BCUT2D eigenvalue weighted by molar-refractivity contribution is -0.120. The number of aryl methyl sites for hydroxylation is 1. The number of anilines is 1. The van der Waals surface area contributed by atoms with Crippen LogP contribution in [0.1, 0.15) is 48.3 Å². The van der Waals surface area contributed by atoms with Gasteiger partial charge in [0.1, 0.15) is 16.0 Å².